The third kappa shape index (κ3) is 5.27. The highest BCUT2D eigenvalue weighted by atomic mass is 32.2. The molecule has 0 saturated carbocycles. The molecule has 1 aliphatic heterocycles. The van der Waals surface area contributed by atoms with Gasteiger partial charge in [-0.2, -0.15) is 0 Å². The van der Waals surface area contributed by atoms with Gasteiger partial charge in [-0.25, -0.2) is 0 Å². The standard InChI is InChI=1S/C23H24N2O5S/c1-5-30-18-9-7-16(11-19(18)29-4)12-20-22(27)25(23(28)31-20)13-21(26)24-17-8-6-14(2)15(3)10-17/h6-12H,5,13H2,1-4H3,(H,24,26). The van der Waals surface area contributed by atoms with Crippen LogP contribution in [0.15, 0.2) is 41.3 Å². The zero-order valence-electron chi connectivity index (χ0n) is 17.9. The van der Waals surface area contributed by atoms with Crippen LogP contribution in [0, 0.1) is 13.8 Å². The Bertz CT molecular complexity index is 1060. The number of hydrogen-bond donors (Lipinski definition) is 1. The molecule has 8 heteroatoms. The average molecular weight is 441 g/mol. The maximum absolute atomic E-state index is 12.7. The molecule has 3 amide bonds. The van der Waals surface area contributed by atoms with E-state index in [-0.39, 0.29) is 11.4 Å². The first-order valence-electron chi connectivity index (χ1n) is 9.75. The van der Waals surface area contributed by atoms with Crippen LogP contribution in [0.1, 0.15) is 23.6 Å². The van der Waals surface area contributed by atoms with Gasteiger partial charge in [0.1, 0.15) is 6.54 Å². The predicted molar refractivity (Wildman–Crippen MR) is 121 cm³/mol. The lowest BCUT2D eigenvalue weighted by Gasteiger charge is -2.13. The monoisotopic (exact) mass is 440 g/mol. The van der Waals surface area contributed by atoms with Crippen LogP contribution in [0.3, 0.4) is 0 Å². The second kappa shape index (κ2) is 9.70. The quantitative estimate of drug-likeness (QED) is 0.643. The van der Waals surface area contributed by atoms with Crippen LogP contribution in [-0.2, 0) is 9.59 Å². The summed E-state index contributed by atoms with van der Waals surface area (Å²) in [6.07, 6.45) is 1.60. The van der Waals surface area contributed by atoms with E-state index in [0.29, 0.717) is 29.4 Å². The number of aryl methyl sites for hydroxylation is 2. The van der Waals surface area contributed by atoms with E-state index in [1.165, 1.54) is 7.11 Å². The first kappa shape index (κ1) is 22.4. The summed E-state index contributed by atoms with van der Waals surface area (Å²) in [4.78, 5) is 38.6. The predicted octanol–water partition coefficient (Wildman–Crippen LogP) is 4.39. The number of carbonyl (C=O) groups excluding carboxylic acids is 3. The third-order valence-corrected chi connectivity index (χ3v) is 5.66. The molecule has 1 heterocycles. The SMILES string of the molecule is CCOc1ccc(C=C2SC(=O)N(CC(=O)Nc3ccc(C)c(C)c3)C2=O)cc1OC. The number of benzene rings is 2. The minimum absolute atomic E-state index is 0.246. The second-order valence-corrected chi connectivity index (χ2v) is 7.95. The summed E-state index contributed by atoms with van der Waals surface area (Å²) < 4.78 is 10.8. The fraction of sp³-hybridized carbons (Fsp3) is 0.261. The molecular formula is C23H24N2O5S. The van der Waals surface area contributed by atoms with Crippen LogP contribution < -0.4 is 14.8 Å². The first-order valence-corrected chi connectivity index (χ1v) is 10.6. The fourth-order valence-electron chi connectivity index (χ4n) is 3.00. The minimum atomic E-state index is -0.502. The summed E-state index contributed by atoms with van der Waals surface area (Å²) in [5.41, 5.74) is 3.46. The van der Waals surface area contributed by atoms with E-state index in [4.69, 9.17) is 9.47 Å². The van der Waals surface area contributed by atoms with Gasteiger partial charge in [0.25, 0.3) is 11.1 Å². The number of methoxy groups -OCH3 is 1. The largest absolute Gasteiger partial charge is 0.493 e. The van der Waals surface area contributed by atoms with Crippen molar-refractivity contribution in [3.05, 3.63) is 58.0 Å². The van der Waals surface area contributed by atoms with Gasteiger partial charge in [0.2, 0.25) is 5.91 Å². The van der Waals surface area contributed by atoms with Crippen LogP contribution in [0.4, 0.5) is 10.5 Å². The van der Waals surface area contributed by atoms with Crippen molar-refractivity contribution in [3.63, 3.8) is 0 Å². The van der Waals surface area contributed by atoms with Crippen LogP contribution in [0.25, 0.3) is 6.08 Å². The molecule has 31 heavy (non-hydrogen) atoms. The van der Waals surface area contributed by atoms with E-state index >= 15 is 0 Å². The van der Waals surface area contributed by atoms with Gasteiger partial charge in [-0.3, -0.25) is 19.3 Å². The Hall–Kier alpha value is -3.26. The summed E-state index contributed by atoms with van der Waals surface area (Å²) in [5, 5.41) is 2.25. The highest BCUT2D eigenvalue weighted by Crippen LogP contribution is 2.34. The van der Waals surface area contributed by atoms with Crippen molar-refractivity contribution in [1.29, 1.82) is 0 Å². The number of hydrogen-bond acceptors (Lipinski definition) is 6. The highest BCUT2D eigenvalue weighted by Gasteiger charge is 2.36. The summed E-state index contributed by atoms with van der Waals surface area (Å²) in [7, 11) is 1.53. The molecule has 0 radical (unpaired) electrons. The molecule has 2 aromatic rings. The van der Waals surface area contributed by atoms with E-state index < -0.39 is 17.1 Å². The minimum Gasteiger partial charge on any atom is -0.493 e. The van der Waals surface area contributed by atoms with Gasteiger partial charge in [-0.1, -0.05) is 12.1 Å². The molecule has 2 aromatic carbocycles. The van der Waals surface area contributed by atoms with Crippen LogP contribution in [0.5, 0.6) is 11.5 Å². The molecular weight excluding hydrogens is 416 g/mol. The van der Waals surface area contributed by atoms with Crippen molar-refractivity contribution in [2.45, 2.75) is 20.8 Å². The van der Waals surface area contributed by atoms with E-state index in [0.717, 1.165) is 27.8 Å². The van der Waals surface area contributed by atoms with Crippen molar-refractivity contribution >= 4 is 40.6 Å². The smallest absolute Gasteiger partial charge is 0.294 e. The average Bonchev–Trinajstić information content (AvgIpc) is 2.99. The van der Waals surface area contributed by atoms with Gasteiger partial charge in [-0.15, -0.1) is 0 Å². The number of rotatable bonds is 7. The van der Waals surface area contributed by atoms with Crippen molar-refractivity contribution in [1.82, 2.24) is 4.90 Å². The maximum atomic E-state index is 12.7. The first-order chi connectivity index (χ1) is 14.8. The van der Waals surface area contributed by atoms with Crippen molar-refractivity contribution < 1.29 is 23.9 Å². The zero-order chi connectivity index (χ0) is 22.5. The highest BCUT2D eigenvalue weighted by molar-refractivity contribution is 8.18. The molecule has 0 atom stereocenters. The van der Waals surface area contributed by atoms with Crippen molar-refractivity contribution in [2.24, 2.45) is 0 Å². The van der Waals surface area contributed by atoms with Crippen LogP contribution in [0.2, 0.25) is 0 Å². The Balaban J connectivity index is 1.71. The van der Waals surface area contributed by atoms with Crippen molar-refractivity contribution in [2.75, 3.05) is 25.6 Å². The number of thioether (sulfide) groups is 1. The van der Waals surface area contributed by atoms with E-state index in [2.05, 4.69) is 5.32 Å². The molecule has 162 valence electrons. The molecule has 3 rings (SSSR count). The molecule has 0 bridgehead atoms. The Morgan fingerprint density at radius 3 is 2.55 bits per heavy atom. The number of imide groups is 1. The number of ether oxygens (including phenoxy) is 2. The van der Waals surface area contributed by atoms with Gasteiger partial charge in [0.05, 0.1) is 18.6 Å². The van der Waals surface area contributed by atoms with Crippen LogP contribution >= 0.6 is 11.8 Å². The molecule has 1 saturated heterocycles. The van der Waals surface area contributed by atoms with E-state index in [1.807, 2.05) is 32.9 Å². The zero-order valence-corrected chi connectivity index (χ0v) is 18.7. The van der Waals surface area contributed by atoms with Gasteiger partial charge >= 0.3 is 0 Å². The maximum Gasteiger partial charge on any atom is 0.294 e. The van der Waals surface area contributed by atoms with Gasteiger partial charge in [0, 0.05) is 5.69 Å². The lowest BCUT2D eigenvalue weighted by Crippen LogP contribution is -2.36. The molecule has 1 fully saturated rings. The van der Waals surface area contributed by atoms with Gasteiger partial charge < -0.3 is 14.8 Å². The number of anilines is 1. The molecule has 1 aliphatic rings. The number of amides is 3. The normalized spacial score (nSPS) is 14.8. The Labute approximate surface area is 185 Å². The molecule has 7 nitrogen and oxygen atoms in total. The van der Waals surface area contributed by atoms with E-state index in [1.54, 1.807) is 30.3 Å². The topological polar surface area (TPSA) is 84.9 Å². The Morgan fingerprint density at radius 1 is 1.10 bits per heavy atom. The third-order valence-electron chi connectivity index (χ3n) is 4.75. The van der Waals surface area contributed by atoms with E-state index in [9.17, 15) is 14.4 Å². The van der Waals surface area contributed by atoms with Gasteiger partial charge in [-0.05, 0) is 79.6 Å². The summed E-state index contributed by atoms with van der Waals surface area (Å²) in [5.74, 6) is 0.188. The summed E-state index contributed by atoms with van der Waals surface area (Å²) >= 11 is 0.804. The number of nitrogens with zero attached hydrogens (tertiary/aromatic N) is 1. The Kier molecular flexibility index (Phi) is 7.02. The second-order valence-electron chi connectivity index (χ2n) is 6.96. The lowest BCUT2D eigenvalue weighted by atomic mass is 10.1. The number of nitrogens with one attached hydrogen (secondary N) is 1. The molecule has 0 spiro atoms. The Morgan fingerprint density at radius 2 is 1.87 bits per heavy atom. The molecule has 0 aliphatic carbocycles. The van der Waals surface area contributed by atoms with Crippen molar-refractivity contribution in [3.8, 4) is 11.5 Å². The number of carbonyl (C=O) groups is 3. The summed E-state index contributed by atoms with van der Waals surface area (Å²) in [6, 6.07) is 10.8. The molecule has 1 N–H and O–H groups in total. The van der Waals surface area contributed by atoms with Crippen LogP contribution in [-0.4, -0.2) is 42.2 Å². The summed E-state index contributed by atoms with van der Waals surface area (Å²) in [6.45, 7) is 5.95. The lowest BCUT2D eigenvalue weighted by molar-refractivity contribution is -0.127. The fourth-order valence-corrected chi connectivity index (χ4v) is 3.84. The van der Waals surface area contributed by atoms with Gasteiger partial charge in [0.15, 0.2) is 11.5 Å². The molecule has 0 unspecified atom stereocenters. The molecule has 0 aromatic heterocycles.